The maximum absolute atomic E-state index is 14.1. The first kappa shape index (κ1) is 22.8. The first-order valence-electron chi connectivity index (χ1n) is 8.85. The van der Waals surface area contributed by atoms with Gasteiger partial charge in [0.2, 0.25) is 0 Å². The number of ether oxygens (including phenoxy) is 1. The van der Waals surface area contributed by atoms with E-state index in [9.17, 15) is 22.0 Å². The lowest BCUT2D eigenvalue weighted by Crippen LogP contribution is -2.39. The van der Waals surface area contributed by atoms with Crippen molar-refractivity contribution in [1.29, 1.82) is 0 Å². The molecule has 0 aliphatic carbocycles. The number of benzene rings is 2. The van der Waals surface area contributed by atoms with Crippen molar-refractivity contribution in [2.24, 2.45) is 0 Å². The molecule has 0 fully saturated rings. The standard InChI is InChI=1S/C20H23F2NO5S/c1-16-8-10-18(11-9-16)29(25,26)28-13-12-20(21,22)15-23(2)19(24)27-14-17-6-4-3-5-7-17/h3-11H,12-15H2,1-2H3. The van der Waals surface area contributed by atoms with Crippen LogP contribution < -0.4 is 0 Å². The van der Waals surface area contributed by atoms with Crippen LogP contribution in [0.2, 0.25) is 0 Å². The van der Waals surface area contributed by atoms with E-state index < -0.39 is 41.7 Å². The lowest BCUT2D eigenvalue weighted by Gasteiger charge is -2.23. The fraction of sp³-hybridized carbons (Fsp3) is 0.350. The Bertz CT molecular complexity index is 902. The molecule has 0 atom stereocenters. The molecule has 0 spiro atoms. The molecule has 0 bridgehead atoms. The largest absolute Gasteiger partial charge is 0.445 e. The minimum absolute atomic E-state index is 0.0342. The highest BCUT2D eigenvalue weighted by atomic mass is 32.2. The van der Waals surface area contributed by atoms with E-state index in [2.05, 4.69) is 0 Å². The molecular weight excluding hydrogens is 404 g/mol. The second-order valence-corrected chi connectivity index (χ2v) is 8.21. The Morgan fingerprint density at radius 3 is 2.31 bits per heavy atom. The smallest absolute Gasteiger partial charge is 0.410 e. The van der Waals surface area contributed by atoms with Gasteiger partial charge in [0, 0.05) is 13.5 Å². The van der Waals surface area contributed by atoms with Crippen LogP contribution in [0.4, 0.5) is 13.6 Å². The molecule has 2 rings (SSSR count). The highest BCUT2D eigenvalue weighted by Gasteiger charge is 2.33. The molecule has 0 aliphatic heterocycles. The van der Waals surface area contributed by atoms with Crippen LogP contribution in [0, 0.1) is 6.92 Å². The van der Waals surface area contributed by atoms with Gasteiger partial charge in [-0.3, -0.25) is 4.18 Å². The summed E-state index contributed by atoms with van der Waals surface area (Å²) in [7, 11) is -2.94. The van der Waals surface area contributed by atoms with Crippen molar-refractivity contribution in [3.8, 4) is 0 Å². The molecule has 9 heteroatoms. The summed E-state index contributed by atoms with van der Waals surface area (Å²) in [6.45, 7) is 0.122. The van der Waals surface area contributed by atoms with Crippen LogP contribution in [-0.4, -0.2) is 45.5 Å². The third-order valence-corrected chi connectivity index (χ3v) is 5.33. The number of alkyl halides is 2. The van der Waals surface area contributed by atoms with Gasteiger partial charge in [-0.25, -0.2) is 13.6 Å². The molecule has 0 saturated carbocycles. The lowest BCUT2D eigenvalue weighted by molar-refractivity contribution is -0.0411. The minimum Gasteiger partial charge on any atom is -0.445 e. The second kappa shape index (κ2) is 9.80. The van der Waals surface area contributed by atoms with Crippen molar-refractivity contribution < 1.29 is 30.9 Å². The monoisotopic (exact) mass is 427 g/mol. The van der Waals surface area contributed by atoms with E-state index in [0.717, 1.165) is 16.0 Å². The van der Waals surface area contributed by atoms with E-state index in [1.807, 2.05) is 0 Å². The number of nitrogens with zero attached hydrogens (tertiary/aromatic N) is 1. The van der Waals surface area contributed by atoms with Gasteiger partial charge >= 0.3 is 6.09 Å². The van der Waals surface area contributed by atoms with Crippen LogP contribution in [0.15, 0.2) is 59.5 Å². The van der Waals surface area contributed by atoms with E-state index in [1.165, 1.54) is 19.2 Å². The maximum atomic E-state index is 14.1. The molecule has 1 amide bonds. The van der Waals surface area contributed by atoms with Crippen molar-refractivity contribution in [3.05, 3.63) is 65.7 Å². The van der Waals surface area contributed by atoms with Crippen LogP contribution in [-0.2, 0) is 25.6 Å². The van der Waals surface area contributed by atoms with Crippen LogP contribution in [0.5, 0.6) is 0 Å². The van der Waals surface area contributed by atoms with Crippen molar-refractivity contribution in [2.75, 3.05) is 20.2 Å². The number of carbonyl (C=O) groups excluding carboxylic acids is 1. The fourth-order valence-corrected chi connectivity index (χ4v) is 3.30. The third-order valence-electron chi connectivity index (χ3n) is 4.00. The zero-order valence-corrected chi connectivity index (χ0v) is 17.0. The van der Waals surface area contributed by atoms with Gasteiger partial charge < -0.3 is 9.64 Å². The second-order valence-electron chi connectivity index (χ2n) is 6.59. The van der Waals surface area contributed by atoms with Crippen molar-refractivity contribution in [2.45, 2.75) is 30.8 Å². The number of aryl methyl sites for hydroxylation is 1. The van der Waals surface area contributed by atoms with Crippen LogP contribution in [0.3, 0.4) is 0 Å². The average molecular weight is 427 g/mol. The molecule has 0 unspecified atom stereocenters. The minimum atomic E-state index is -4.12. The number of hydrogen-bond donors (Lipinski definition) is 0. The van der Waals surface area contributed by atoms with Crippen molar-refractivity contribution in [3.63, 3.8) is 0 Å². The number of halogens is 2. The average Bonchev–Trinajstić information content (AvgIpc) is 2.66. The van der Waals surface area contributed by atoms with Crippen molar-refractivity contribution >= 4 is 16.2 Å². The Morgan fingerprint density at radius 2 is 1.69 bits per heavy atom. The summed E-state index contributed by atoms with van der Waals surface area (Å²) in [6.07, 6.45) is -1.77. The zero-order valence-electron chi connectivity index (χ0n) is 16.2. The van der Waals surface area contributed by atoms with Crippen molar-refractivity contribution in [1.82, 2.24) is 4.90 Å². The van der Waals surface area contributed by atoms with Gasteiger partial charge in [0.15, 0.2) is 0 Å². The van der Waals surface area contributed by atoms with Gasteiger partial charge in [-0.15, -0.1) is 0 Å². The van der Waals surface area contributed by atoms with Crippen LogP contribution in [0.1, 0.15) is 17.5 Å². The molecule has 0 aliphatic rings. The van der Waals surface area contributed by atoms with Crippen LogP contribution >= 0.6 is 0 Å². The van der Waals surface area contributed by atoms with Gasteiger partial charge in [0.1, 0.15) is 6.61 Å². The quantitative estimate of drug-likeness (QED) is 0.566. The van der Waals surface area contributed by atoms with E-state index in [0.29, 0.717) is 0 Å². The first-order valence-corrected chi connectivity index (χ1v) is 10.3. The normalized spacial score (nSPS) is 11.9. The molecule has 2 aromatic rings. The number of rotatable bonds is 9. The predicted molar refractivity (Wildman–Crippen MR) is 103 cm³/mol. The Morgan fingerprint density at radius 1 is 1.07 bits per heavy atom. The molecule has 2 aromatic carbocycles. The number of hydrogen-bond acceptors (Lipinski definition) is 5. The highest BCUT2D eigenvalue weighted by molar-refractivity contribution is 7.86. The molecular formula is C20H23F2NO5S. The molecule has 6 nitrogen and oxygen atoms in total. The molecule has 0 heterocycles. The third kappa shape index (κ3) is 7.43. The van der Waals surface area contributed by atoms with Gasteiger partial charge in [0.05, 0.1) is 18.0 Å². The zero-order chi connectivity index (χ0) is 21.5. The summed E-state index contributed by atoms with van der Waals surface area (Å²) >= 11 is 0. The summed E-state index contributed by atoms with van der Waals surface area (Å²) in [4.78, 5) is 12.5. The fourth-order valence-electron chi connectivity index (χ4n) is 2.39. The Hall–Kier alpha value is -2.52. The van der Waals surface area contributed by atoms with E-state index in [-0.39, 0.29) is 11.5 Å². The summed E-state index contributed by atoms with van der Waals surface area (Å²) in [6, 6.07) is 14.7. The van der Waals surface area contributed by atoms with Gasteiger partial charge in [-0.2, -0.15) is 8.42 Å². The maximum Gasteiger partial charge on any atom is 0.410 e. The summed E-state index contributed by atoms with van der Waals surface area (Å²) < 4.78 is 61.9. The van der Waals surface area contributed by atoms with Gasteiger partial charge in [0.25, 0.3) is 16.0 Å². The van der Waals surface area contributed by atoms with Crippen LogP contribution in [0.25, 0.3) is 0 Å². The van der Waals surface area contributed by atoms with E-state index in [4.69, 9.17) is 8.92 Å². The highest BCUT2D eigenvalue weighted by Crippen LogP contribution is 2.22. The molecule has 0 N–H and O–H groups in total. The topological polar surface area (TPSA) is 72.9 Å². The SMILES string of the molecule is Cc1ccc(S(=O)(=O)OCCC(F)(F)CN(C)C(=O)OCc2ccccc2)cc1. The summed E-state index contributed by atoms with van der Waals surface area (Å²) in [5.41, 5.74) is 1.59. The summed E-state index contributed by atoms with van der Waals surface area (Å²) in [5.74, 6) is -3.34. The van der Waals surface area contributed by atoms with Gasteiger partial charge in [-0.05, 0) is 24.6 Å². The molecule has 0 saturated heterocycles. The lowest BCUT2D eigenvalue weighted by atomic mass is 10.2. The van der Waals surface area contributed by atoms with Gasteiger partial charge in [-0.1, -0.05) is 48.0 Å². The predicted octanol–water partition coefficient (Wildman–Crippen LogP) is 3.99. The Kier molecular flexibility index (Phi) is 7.69. The Balaban J connectivity index is 1.80. The van der Waals surface area contributed by atoms with E-state index >= 15 is 0 Å². The number of amides is 1. The molecule has 0 radical (unpaired) electrons. The molecule has 0 aromatic heterocycles. The Labute approximate surface area is 169 Å². The number of carbonyl (C=O) groups is 1. The summed E-state index contributed by atoms with van der Waals surface area (Å²) in [5, 5.41) is 0. The first-order chi connectivity index (χ1) is 13.6. The van der Waals surface area contributed by atoms with E-state index in [1.54, 1.807) is 49.4 Å². The molecule has 29 heavy (non-hydrogen) atoms. The molecule has 158 valence electrons.